The van der Waals surface area contributed by atoms with Crippen LogP contribution in [-0.2, 0) is 14.3 Å². The van der Waals surface area contributed by atoms with E-state index in [1.54, 1.807) is 20.8 Å². The molecule has 7 heteroatoms. The second-order valence-electron chi connectivity index (χ2n) is 5.29. The van der Waals surface area contributed by atoms with Gasteiger partial charge in [0.1, 0.15) is 5.60 Å². The van der Waals surface area contributed by atoms with E-state index in [-0.39, 0.29) is 16.3 Å². The molecule has 1 aromatic carbocycles. The number of carbonyl (C=O) groups excluding carboxylic acids is 2. The van der Waals surface area contributed by atoms with Gasteiger partial charge in [-0.1, -0.05) is 17.7 Å². The first kappa shape index (κ1) is 17.3. The van der Waals surface area contributed by atoms with Gasteiger partial charge in [0.25, 0.3) is 0 Å². The molecular formula is C14H18ClNO5. The van der Waals surface area contributed by atoms with Crippen LogP contribution in [0.1, 0.15) is 32.4 Å². The van der Waals surface area contributed by atoms with Crippen LogP contribution in [0.2, 0.25) is 5.02 Å². The molecule has 0 aliphatic heterocycles. The summed E-state index contributed by atoms with van der Waals surface area (Å²) < 4.78 is 9.55. The summed E-state index contributed by atoms with van der Waals surface area (Å²) in [5.41, 5.74) is -0.177. The van der Waals surface area contributed by atoms with Gasteiger partial charge in [-0.15, -0.1) is 0 Å². The summed E-state index contributed by atoms with van der Waals surface area (Å²) in [5.74, 6) is -0.805. The molecule has 0 aliphatic carbocycles. The van der Waals surface area contributed by atoms with Crippen molar-refractivity contribution in [2.75, 3.05) is 12.4 Å². The lowest BCUT2D eigenvalue weighted by Crippen LogP contribution is -2.27. The summed E-state index contributed by atoms with van der Waals surface area (Å²) in [6.45, 7) is 5.18. The highest BCUT2D eigenvalue weighted by Gasteiger charge is 2.21. The third kappa shape index (κ3) is 5.24. The van der Waals surface area contributed by atoms with Crippen molar-refractivity contribution in [3.63, 3.8) is 0 Å². The third-order valence-electron chi connectivity index (χ3n) is 2.37. The number of aliphatic hydroxyl groups excluding tert-OH is 1. The minimum atomic E-state index is -1.45. The van der Waals surface area contributed by atoms with Crippen LogP contribution in [0.4, 0.5) is 10.5 Å². The van der Waals surface area contributed by atoms with Gasteiger partial charge in [-0.3, -0.25) is 5.32 Å². The maximum absolute atomic E-state index is 11.7. The maximum Gasteiger partial charge on any atom is 0.412 e. The number of hydrogen-bond acceptors (Lipinski definition) is 5. The van der Waals surface area contributed by atoms with Crippen LogP contribution in [-0.4, -0.2) is 29.9 Å². The van der Waals surface area contributed by atoms with Crippen molar-refractivity contribution in [3.05, 3.63) is 28.8 Å². The van der Waals surface area contributed by atoms with E-state index < -0.39 is 23.8 Å². The first-order valence-electron chi connectivity index (χ1n) is 6.19. The Morgan fingerprint density at radius 2 is 1.95 bits per heavy atom. The van der Waals surface area contributed by atoms with Crippen LogP contribution in [0.15, 0.2) is 18.2 Å². The highest BCUT2D eigenvalue weighted by molar-refractivity contribution is 6.33. The van der Waals surface area contributed by atoms with Crippen LogP contribution in [0.3, 0.4) is 0 Å². The lowest BCUT2D eigenvalue weighted by molar-refractivity contribution is -0.150. The summed E-state index contributed by atoms with van der Waals surface area (Å²) in [6, 6.07) is 4.30. The molecule has 1 rings (SSSR count). The summed E-state index contributed by atoms with van der Waals surface area (Å²) in [4.78, 5) is 23.0. The minimum absolute atomic E-state index is 0.228. The van der Waals surface area contributed by atoms with Crippen molar-refractivity contribution < 1.29 is 24.2 Å². The molecule has 2 N–H and O–H groups in total. The number of esters is 1. The fourth-order valence-electron chi connectivity index (χ4n) is 1.47. The predicted molar refractivity (Wildman–Crippen MR) is 78.3 cm³/mol. The Labute approximate surface area is 128 Å². The van der Waals surface area contributed by atoms with E-state index in [1.807, 2.05) is 0 Å². The van der Waals surface area contributed by atoms with E-state index in [0.29, 0.717) is 0 Å². The number of rotatable bonds is 3. The molecule has 1 aromatic rings. The molecule has 21 heavy (non-hydrogen) atoms. The molecule has 0 saturated carbocycles. The molecule has 0 bridgehead atoms. The zero-order valence-corrected chi connectivity index (χ0v) is 13.0. The van der Waals surface area contributed by atoms with Gasteiger partial charge >= 0.3 is 12.1 Å². The predicted octanol–water partition coefficient (Wildman–Crippen LogP) is 2.89. The summed E-state index contributed by atoms with van der Waals surface area (Å²) >= 11 is 5.96. The number of aliphatic hydroxyl groups is 1. The van der Waals surface area contributed by atoms with Gasteiger partial charge in [-0.2, -0.15) is 0 Å². The molecule has 0 saturated heterocycles. The molecule has 116 valence electrons. The second-order valence-corrected chi connectivity index (χ2v) is 5.70. The molecule has 0 aliphatic rings. The molecule has 0 spiro atoms. The Morgan fingerprint density at radius 1 is 1.33 bits per heavy atom. The standard InChI is InChI=1S/C14H18ClNO5/c1-14(2,3)21-13(19)16-10-7-8(5-6-9(10)15)11(17)12(18)20-4/h5-7,11,17H,1-4H3,(H,16,19). The van der Waals surface area contributed by atoms with Crippen LogP contribution >= 0.6 is 11.6 Å². The summed E-state index contributed by atoms with van der Waals surface area (Å²) in [7, 11) is 1.17. The van der Waals surface area contributed by atoms with Crippen LogP contribution in [0.5, 0.6) is 0 Å². The Kier molecular flexibility index (Phi) is 5.57. The van der Waals surface area contributed by atoms with Gasteiger partial charge in [-0.25, -0.2) is 9.59 Å². The Bertz CT molecular complexity index is 539. The van der Waals surface area contributed by atoms with E-state index in [4.69, 9.17) is 16.3 Å². The SMILES string of the molecule is COC(=O)C(O)c1ccc(Cl)c(NC(=O)OC(C)(C)C)c1. The molecule has 0 aromatic heterocycles. The first-order chi connectivity index (χ1) is 9.64. The number of nitrogens with one attached hydrogen (secondary N) is 1. The average Bonchev–Trinajstić information content (AvgIpc) is 2.37. The van der Waals surface area contributed by atoms with E-state index in [9.17, 15) is 14.7 Å². The number of halogens is 1. The van der Waals surface area contributed by atoms with Gasteiger partial charge in [-0.05, 0) is 38.5 Å². The Hall–Kier alpha value is -1.79. The van der Waals surface area contributed by atoms with Gasteiger partial charge in [0.05, 0.1) is 17.8 Å². The summed E-state index contributed by atoms with van der Waals surface area (Å²) in [5, 5.41) is 12.5. The fourth-order valence-corrected chi connectivity index (χ4v) is 1.63. The molecule has 0 heterocycles. The van der Waals surface area contributed by atoms with Crippen molar-refractivity contribution >= 4 is 29.4 Å². The van der Waals surface area contributed by atoms with Gasteiger partial charge in [0.15, 0.2) is 6.10 Å². The number of anilines is 1. The quantitative estimate of drug-likeness (QED) is 0.838. The Morgan fingerprint density at radius 3 is 2.48 bits per heavy atom. The Balaban J connectivity index is 2.93. The number of ether oxygens (including phenoxy) is 2. The lowest BCUT2D eigenvalue weighted by atomic mass is 10.1. The van der Waals surface area contributed by atoms with E-state index >= 15 is 0 Å². The van der Waals surface area contributed by atoms with Gasteiger partial charge in [0, 0.05) is 0 Å². The first-order valence-corrected chi connectivity index (χ1v) is 6.57. The monoisotopic (exact) mass is 315 g/mol. The van der Waals surface area contributed by atoms with Crippen molar-refractivity contribution in [3.8, 4) is 0 Å². The average molecular weight is 316 g/mol. The minimum Gasteiger partial charge on any atom is -0.467 e. The molecule has 0 radical (unpaired) electrons. The van der Waals surface area contributed by atoms with Gasteiger partial charge < -0.3 is 14.6 Å². The zero-order chi connectivity index (χ0) is 16.2. The normalized spacial score (nSPS) is 12.5. The lowest BCUT2D eigenvalue weighted by Gasteiger charge is -2.20. The number of methoxy groups -OCH3 is 1. The van der Waals surface area contributed by atoms with Crippen molar-refractivity contribution in [1.82, 2.24) is 0 Å². The van der Waals surface area contributed by atoms with E-state index in [0.717, 1.165) is 0 Å². The van der Waals surface area contributed by atoms with Crippen LogP contribution < -0.4 is 5.32 Å². The molecule has 1 atom stereocenters. The maximum atomic E-state index is 11.7. The van der Waals surface area contributed by atoms with Crippen molar-refractivity contribution in [2.45, 2.75) is 32.5 Å². The zero-order valence-electron chi connectivity index (χ0n) is 12.3. The molecule has 6 nitrogen and oxygen atoms in total. The van der Waals surface area contributed by atoms with E-state index in [1.165, 1.54) is 25.3 Å². The molecular weight excluding hydrogens is 298 g/mol. The number of hydrogen-bond donors (Lipinski definition) is 2. The van der Waals surface area contributed by atoms with Crippen molar-refractivity contribution in [2.24, 2.45) is 0 Å². The number of benzene rings is 1. The van der Waals surface area contributed by atoms with Crippen LogP contribution in [0.25, 0.3) is 0 Å². The van der Waals surface area contributed by atoms with E-state index in [2.05, 4.69) is 10.1 Å². The third-order valence-corrected chi connectivity index (χ3v) is 2.70. The molecule has 1 unspecified atom stereocenters. The number of carbonyl (C=O) groups is 2. The van der Waals surface area contributed by atoms with Gasteiger partial charge in [0.2, 0.25) is 0 Å². The number of amides is 1. The van der Waals surface area contributed by atoms with Crippen molar-refractivity contribution in [1.29, 1.82) is 0 Å². The smallest absolute Gasteiger partial charge is 0.412 e. The largest absolute Gasteiger partial charge is 0.467 e. The molecule has 1 amide bonds. The topological polar surface area (TPSA) is 84.9 Å². The highest BCUT2D eigenvalue weighted by atomic mass is 35.5. The highest BCUT2D eigenvalue weighted by Crippen LogP contribution is 2.27. The second kappa shape index (κ2) is 6.78. The van der Waals surface area contributed by atoms with Crippen LogP contribution in [0, 0.1) is 0 Å². The molecule has 0 fully saturated rings. The summed E-state index contributed by atoms with van der Waals surface area (Å²) in [6.07, 6.45) is -2.14. The fraction of sp³-hybridized carbons (Fsp3) is 0.429.